The van der Waals surface area contributed by atoms with Crippen LogP contribution in [-0.4, -0.2) is 37.1 Å². The van der Waals surface area contributed by atoms with Gasteiger partial charge in [0, 0.05) is 36.9 Å². The number of anilines is 1. The van der Waals surface area contributed by atoms with Gasteiger partial charge in [0.25, 0.3) is 0 Å². The summed E-state index contributed by atoms with van der Waals surface area (Å²) < 4.78 is 15.6. The molecule has 11 heteroatoms. The maximum atomic E-state index is 12.9. The topological polar surface area (TPSA) is 109 Å². The summed E-state index contributed by atoms with van der Waals surface area (Å²) in [5.41, 5.74) is 0.545. The van der Waals surface area contributed by atoms with Crippen molar-refractivity contribution in [3.05, 3.63) is 56.1 Å². The second-order valence-corrected chi connectivity index (χ2v) is 11.5. The van der Waals surface area contributed by atoms with Crippen LogP contribution in [0, 0.1) is 16.0 Å². The summed E-state index contributed by atoms with van der Waals surface area (Å²) >= 11 is 12.3. The quantitative estimate of drug-likeness (QED) is 0.426. The van der Waals surface area contributed by atoms with Crippen LogP contribution >= 0.6 is 23.2 Å². The van der Waals surface area contributed by atoms with Crippen molar-refractivity contribution in [2.75, 3.05) is 18.0 Å². The highest BCUT2D eigenvalue weighted by molar-refractivity contribution is 7.84. The summed E-state index contributed by atoms with van der Waals surface area (Å²) in [7, 11) is -1.38. The summed E-state index contributed by atoms with van der Waals surface area (Å²) in [6.45, 7) is 6.85. The van der Waals surface area contributed by atoms with Crippen LogP contribution in [0.4, 0.5) is 11.6 Å². The number of halogens is 2. The fourth-order valence-electron chi connectivity index (χ4n) is 3.66. The van der Waals surface area contributed by atoms with E-state index in [2.05, 4.69) is 9.71 Å². The molecule has 1 aromatic carbocycles. The van der Waals surface area contributed by atoms with Gasteiger partial charge in [-0.25, -0.2) is 8.93 Å². The molecule has 1 aliphatic heterocycles. The largest absolute Gasteiger partial charge is 0.508 e. The molecule has 0 unspecified atom stereocenters. The maximum Gasteiger partial charge on any atom is 0.365 e. The van der Waals surface area contributed by atoms with Crippen molar-refractivity contribution >= 4 is 45.8 Å². The predicted molar refractivity (Wildman–Crippen MR) is 128 cm³/mol. The zero-order valence-electron chi connectivity index (χ0n) is 18.0. The summed E-state index contributed by atoms with van der Waals surface area (Å²) in [4.78, 5) is 16.7. The number of aromatic nitrogens is 1. The van der Waals surface area contributed by atoms with Crippen LogP contribution in [0.1, 0.15) is 45.2 Å². The van der Waals surface area contributed by atoms with Crippen LogP contribution in [-0.2, 0) is 11.0 Å². The van der Waals surface area contributed by atoms with Crippen LogP contribution in [0.2, 0.25) is 10.0 Å². The molecule has 8 nitrogen and oxygen atoms in total. The molecule has 2 N–H and O–H groups in total. The number of piperidine rings is 1. The lowest BCUT2D eigenvalue weighted by Crippen LogP contribution is -2.43. The molecule has 0 amide bonds. The molecule has 1 fully saturated rings. The van der Waals surface area contributed by atoms with E-state index < -0.39 is 26.7 Å². The average molecular weight is 501 g/mol. The van der Waals surface area contributed by atoms with Gasteiger partial charge in [0.1, 0.15) is 5.75 Å². The Hall–Kier alpha value is -1.94. The lowest BCUT2D eigenvalue weighted by Gasteiger charge is -2.37. The number of aromatic hydroxyl groups is 1. The molecular weight excluding hydrogens is 475 g/mol. The van der Waals surface area contributed by atoms with Gasteiger partial charge < -0.3 is 20.1 Å². The molecule has 0 spiro atoms. The van der Waals surface area contributed by atoms with Gasteiger partial charge >= 0.3 is 5.82 Å². The van der Waals surface area contributed by atoms with Gasteiger partial charge in [-0.3, -0.25) is 0 Å². The van der Waals surface area contributed by atoms with Crippen LogP contribution in [0.25, 0.3) is 0 Å². The zero-order chi connectivity index (χ0) is 23.6. The molecule has 0 aliphatic carbocycles. The number of nitro groups is 1. The fourth-order valence-corrected chi connectivity index (χ4v) is 4.89. The van der Waals surface area contributed by atoms with Crippen molar-refractivity contribution < 1.29 is 14.2 Å². The molecule has 0 bridgehead atoms. The zero-order valence-corrected chi connectivity index (χ0v) is 20.4. The Bertz CT molecular complexity index is 1020. The number of phenols is 1. The molecule has 1 aliphatic rings. The van der Waals surface area contributed by atoms with E-state index in [1.165, 1.54) is 12.1 Å². The third-order valence-electron chi connectivity index (χ3n) is 5.44. The summed E-state index contributed by atoms with van der Waals surface area (Å²) in [6, 6.07) is 7.34. The minimum absolute atomic E-state index is 0.00871. The second kappa shape index (κ2) is 9.91. The Kier molecular flexibility index (Phi) is 7.65. The highest BCUT2D eigenvalue weighted by Gasteiger charge is 2.34. The molecule has 2 heterocycles. The molecule has 32 heavy (non-hydrogen) atoms. The van der Waals surface area contributed by atoms with Gasteiger partial charge in [-0.1, -0.05) is 23.2 Å². The van der Waals surface area contributed by atoms with E-state index in [9.17, 15) is 19.4 Å². The van der Waals surface area contributed by atoms with Crippen molar-refractivity contribution in [3.63, 3.8) is 0 Å². The lowest BCUT2D eigenvalue weighted by atomic mass is 9.85. The molecule has 174 valence electrons. The highest BCUT2D eigenvalue weighted by atomic mass is 35.5. The monoisotopic (exact) mass is 500 g/mol. The number of benzene rings is 1. The summed E-state index contributed by atoms with van der Waals surface area (Å²) in [6.07, 6.45) is 1.39. The Labute approximate surface area is 199 Å². The number of rotatable bonds is 6. The normalized spacial score (nSPS) is 17.2. The predicted octanol–water partition coefficient (Wildman–Crippen LogP) is 5.01. The van der Waals surface area contributed by atoms with E-state index in [1.807, 2.05) is 25.7 Å². The SMILES string of the molecule is CC(C)(C)[S@](=O)N[C@@H](c1cc(Cl)c(Cl)cc1O)C1CCN(c2cccc([N+](=O)[O-])n2)CC1. The number of pyridine rings is 1. The van der Waals surface area contributed by atoms with Crippen molar-refractivity contribution in [2.45, 2.75) is 44.4 Å². The lowest BCUT2D eigenvalue weighted by molar-refractivity contribution is -0.389. The third-order valence-corrected chi connectivity index (χ3v) is 7.74. The van der Waals surface area contributed by atoms with Gasteiger partial charge in [-0.05, 0) is 61.6 Å². The molecule has 1 saturated heterocycles. The minimum atomic E-state index is -1.38. The van der Waals surface area contributed by atoms with Gasteiger partial charge in [0.2, 0.25) is 5.82 Å². The van der Waals surface area contributed by atoms with Crippen LogP contribution in [0.3, 0.4) is 0 Å². The van der Waals surface area contributed by atoms with E-state index in [1.54, 1.807) is 18.2 Å². The van der Waals surface area contributed by atoms with Crippen molar-refractivity contribution in [1.82, 2.24) is 9.71 Å². The standard InChI is InChI=1S/C21H26Cl2N4O4S/c1-21(2,3)32(31)25-20(14-11-15(22)16(23)12-17(14)28)13-7-9-26(10-8-13)18-5-4-6-19(24-18)27(29)30/h4-6,11-13,20,25,28H,7-10H2,1-3H3/t20-,32+/m1/s1. The van der Waals surface area contributed by atoms with Gasteiger partial charge in [0.15, 0.2) is 0 Å². The maximum absolute atomic E-state index is 12.9. The summed E-state index contributed by atoms with van der Waals surface area (Å²) in [5, 5.41) is 22.2. The van der Waals surface area contributed by atoms with Crippen LogP contribution in [0.15, 0.2) is 30.3 Å². The molecule has 1 aromatic heterocycles. The van der Waals surface area contributed by atoms with Crippen LogP contribution in [0.5, 0.6) is 5.75 Å². The molecular formula is C21H26Cl2N4O4S. The van der Waals surface area contributed by atoms with Gasteiger partial charge in [-0.2, -0.15) is 0 Å². The second-order valence-electron chi connectivity index (χ2n) is 8.74. The van der Waals surface area contributed by atoms with Crippen molar-refractivity contribution in [3.8, 4) is 5.75 Å². The van der Waals surface area contributed by atoms with E-state index >= 15 is 0 Å². The van der Waals surface area contributed by atoms with E-state index in [-0.39, 0.29) is 22.5 Å². The summed E-state index contributed by atoms with van der Waals surface area (Å²) in [5.74, 6) is 0.397. The first kappa shape index (κ1) is 24.7. The molecule has 0 saturated carbocycles. The number of phenolic OH excluding ortho intramolecular Hbond substituents is 1. The molecule has 2 atom stereocenters. The first-order valence-corrected chi connectivity index (χ1v) is 12.1. The van der Waals surface area contributed by atoms with Crippen molar-refractivity contribution in [1.29, 1.82) is 0 Å². The Morgan fingerprint density at radius 3 is 2.47 bits per heavy atom. The average Bonchev–Trinajstić information content (AvgIpc) is 2.74. The first-order chi connectivity index (χ1) is 15.0. The minimum Gasteiger partial charge on any atom is -0.508 e. The van der Waals surface area contributed by atoms with Gasteiger partial charge in [-0.15, -0.1) is 0 Å². The smallest absolute Gasteiger partial charge is 0.365 e. The number of nitrogens with zero attached hydrogens (tertiary/aromatic N) is 3. The highest BCUT2D eigenvalue weighted by Crippen LogP contribution is 2.40. The van der Waals surface area contributed by atoms with E-state index in [0.29, 0.717) is 42.3 Å². The van der Waals surface area contributed by atoms with Crippen LogP contribution < -0.4 is 9.62 Å². The third kappa shape index (κ3) is 5.70. The van der Waals surface area contributed by atoms with Gasteiger partial charge in [0.05, 0.1) is 31.8 Å². The first-order valence-electron chi connectivity index (χ1n) is 10.2. The number of hydrogen-bond acceptors (Lipinski definition) is 6. The van der Waals surface area contributed by atoms with Crippen molar-refractivity contribution in [2.24, 2.45) is 5.92 Å². The number of nitrogens with one attached hydrogen (secondary N) is 1. The molecule has 0 radical (unpaired) electrons. The Morgan fingerprint density at radius 1 is 1.25 bits per heavy atom. The van der Waals surface area contributed by atoms with E-state index in [4.69, 9.17) is 23.2 Å². The Balaban J connectivity index is 1.84. The number of hydrogen-bond donors (Lipinski definition) is 2. The fraction of sp³-hybridized carbons (Fsp3) is 0.476. The Morgan fingerprint density at radius 2 is 1.88 bits per heavy atom. The molecule has 3 rings (SSSR count). The van der Waals surface area contributed by atoms with E-state index in [0.717, 1.165) is 0 Å². The molecule has 2 aromatic rings.